The largest absolute Gasteiger partial charge is 0.326 e. The summed E-state index contributed by atoms with van der Waals surface area (Å²) in [5.74, 6) is -0.360. The van der Waals surface area contributed by atoms with Crippen molar-refractivity contribution >= 4 is 58.3 Å². The smallest absolute Gasteiger partial charge is 0.238 e. The molecule has 0 aliphatic carbocycles. The summed E-state index contributed by atoms with van der Waals surface area (Å²) in [6.07, 6.45) is 2.09. The van der Waals surface area contributed by atoms with Gasteiger partial charge in [0.2, 0.25) is 11.8 Å². The molecule has 0 saturated heterocycles. The fourth-order valence-electron chi connectivity index (χ4n) is 2.34. The predicted octanol–water partition coefficient (Wildman–Crippen LogP) is 4.50. The zero-order chi connectivity index (χ0) is 17.1. The first-order valence-electron chi connectivity index (χ1n) is 7.26. The highest BCUT2D eigenvalue weighted by molar-refractivity contribution is 8.01. The maximum atomic E-state index is 12.3. The molecule has 3 rings (SSSR count). The topological polar surface area (TPSA) is 58.2 Å². The van der Waals surface area contributed by atoms with E-state index in [0.717, 1.165) is 15.5 Å². The van der Waals surface area contributed by atoms with Crippen LogP contribution in [0.2, 0.25) is 5.02 Å². The third-order valence-corrected chi connectivity index (χ3v) is 5.72. The Bertz CT molecular complexity index is 798. The van der Waals surface area contributed by atoms with Crippen molar-refractivity contribution in [2.24, 2.45) is 0 Å². The zero-order valence-electron chi connectivity index (χ0n) is 12.8. The van der Waals surface area contributed by atoms with Crippen molar-refractivity contribution < 1.29 is 9.59 Å². The molecule has 0 spiro atoms. The summed E-state index contributed by atoms with van der Waals surface area (Å²) in [6, 6.07) is 13.0. The molecule has 124 valence electrons. The summed E-state index contributed by atoms with van der Waals surface area (Å²) < 4.78 is 0. The van der Waals surface area contributed by atoms with E-state index in [4.69, 9.17) is 11.6 Å². The molecule has 1 heterocycles. The number of hydrogen-bond acceptors (Lipinski definition) is 4. The number of carbonyl (C=O) groups is 2. The van der Waals surface area contributed by atoms with Crippen LogP contribution in [-0.4, -0.2) is 23.3 Å². The molecule has 2 aromatic carbocycles. The van der Waals surface area contributed by atoms with Crippen LogP contribution >= 0.6 is 35.1 Å². The van der Waals surface area contributed by atoms with E-state index in [9.17, 15) is 9.59 Å². The number of nitrogens with one attached hydrogen (secondary N) is 2. The molecule has 1 unspecified atom stereocenters. The van der Waals surface area contributed by atoms with Gasteiger partial charge in [0.15, 0.2) is 0 Å². The minimum Gasteiger partial charge on any atom is -0.326 e. The van der Waals surface area contributed by atoms with Gasteiger partial charge >= 0.3 is 0 Å². The van der Waals surface area contributed by atoms with E-state index in [1.807, 2.05) is 36.6 Å². The van der Waals surface area contributed by atoms with E-state index < -0.39 is 5.25 Å². The quantitative estimate of drug-likeness (QED) is 0.769. The van der Waals surface area contributed by atoms with Gasteiger partial charge in [0.25, 0.3) is 0 Å². The fraction of sp³-hybridized carbons (Fsp3) is 0.176. The maximum absolute atomic E-state index is 12.3. The zero-order valence-corrected chi connectivity index (χ0v) is 15.2. The molecule has 2 aromatic rings. The molecule has 7 heteroatoms. The maximum Gasteiger partial charge on any atom is 0.238 e. The minimum absolute atomic E-state index is 0.113. The summed E-state index contributed by atoms with van der Waals surface area (Å²) in [5, 5.41) is 5.77. The molecule has 0 bridgehead atoms. The SMILES string of the molecule is CSc1cccc(NC(=O)CC2Sc3ccc(Cl)cc3NC2=O)c1. The Kier molecular flexibility index (Phi) is 5.38. The third kappa shape index (κ3) is 4.06. The van der Waals surface area contributed by atoms with Crippen molar-refractivity contribution in [1.82, 2.24) is 0 Å². The number of benzene rings is 2. The van der Waals surface area contributed by atoms with Crippen LogP contribution in [0, 0.1) is 0 Å². The molecule has 4 nitrogen and oxygen atoms in total. The molecule has 0 fully saturated rings. The molecular formula is C17H15ClN2O2S2. The van der Waals surface area contributed by atoms with Crippen LogP contribution < -0.4 is 10.6 Å². The molecular weight excluding hydrogens is 364 g/mol. The Balaban J connectivity index is 1.66. The van der Waals surface area contributed by atoms with Gasteiger partial charge in [0, 0.05) is 26.9 Å². The lowest BCUT2D eigenvalue weighted by Gasteiger charge is -2.23. The minimum atomic E-state index is -0.456. The summed E-state index contributed by atoms with van der Waals surface area (Å²) >= 11 is 8.93. The molecule has 24 heavy (non-hydrogen) atoms. The lowest BCUT2D eigenvalue weighted by molar-refractivity contribution is -0.120. The fourth-order valence-corrected chi connectivity index (χ4v) is 4.06. The second kappa shape index (κ2) is 7.51. The van der Waals surface area contributed by atoms with E-state index in [1.165, 1.54) is 11.8 Å². The van der Waals surface area contributed by atoms with Gasteiger partial charge in [-0.15, -0.1) is 23.5 Å². The van der Waals surface area contributed by atoms with Gasteiger partial charge in [-0.05, 0) is 42.7 Å². The van der Waals surface area contributed by atoms with Gasteiger partial charge in [-0.2, -0.15) is 0 Å². The number of halogens is 1. The Morgan fingerprint density at radius 1 is 1.33 bits per heavy atom. The van der Waals surface area contributed by atoms with E-state index in [1.54, 1.807) is 23.9 Å². The summed E-state index contributed by atoms with van der Waals surface area (Å²) in [4.78, 5) is 26.4. The monoisotopic (exact) mass is 378 g/mol. The number of fused-ring (bicyclic) bond motifs is 1. The van der Waals surface area contributed by atoms with E-state index in [-0.39, 0.29) is 18.2 Å². The molecule has 0 radical (unpaired) electrons. The number of hydrogen-bond donors (Lipinski definition) is 2. The van der Waals surface area contributed by atoms with Crippen molar-refractivity contribution in [3.05, 3.63) is 47.5 Å². The molecule has 2 amide bonds. The summed E-state index contributed by atoms with van der Waals surface area (Å²) in [5.41, 5.74) is 1.43. The van der Waals surface area contributed by atoms with Gasteiger partial charge in [-0.1, -0.05) is 17.7 Å². The second-order valence-electron chi connectivity index (χ2n) is 5.22. The lowest BCUT2D eigenvalue weighted by Crippen LogP contribution is -2.32. The first kappa shape index (κ1) is 17.2. The molecule has 1 aliphatic rings. The standard InChI is InChI=1S/C17H15ClN2O2S2/c1-23-12-4-2-3-11(8-12)19-16(21)9-15-17(22)20-13-7-10(18)5-6-14(13)24-15/h2-8,15H,9H2,1H3,(H,19,21)(H,20,22). The predicted molar refractivity (Wildman–Crippen MR) is 101 cm³/mol. The summed E-state index contributed by atoms with van der Waals surface area (Å²) in [6.45, 7) is 0. The van der Waals surface area contributed by atoms with Crippen LogP contribution in [0.15, 0.2) is 52.3 Å². The molecule has 2 N–H and O–H groups in total. The van der Waals surface area contributed by atoms with Crippen LogP contribution in [0.3, 0.4) is 0 Å². The van der Waals surface area contributed by atoms with Crippen LogP contribution in [0.5, 0.6) is 0 Å². The summed E-state index contributed by atoms with van der Waals surface area (Å²) in [7, 11) is 0. The Hall–Kier alpha value is -1.63. The van der Waals surface area contributed by atoms with Gasteiger partial charge in [-0.3, -0.25) is 9.59 Å². The van der Waals surface area contributed by atoms with Crippen LogP contribution in [0.1, 0.15) is 6.42 Å². The van der Waals surface area contributed by atoms with Gasteiger partial charge in [0.1, 0.15) is 0 Å². The number of amides is 2. The highest BCUT2D eigenvalue weighted by Gasteiger charge is 2.29. The van der Waals surface area contributed by atoms with E-state index >= 15 is 0 Å². The van der Waals surface area contributed by atoms with Crippen molar-refractivity contribution in [3.8, 4) is 0 Å². The number of anilines is 2. The van der Waals surface area contributed by atoms with Crippen molar-refractivity contribution in [1.29, 1.82) is 0 Å². The normalized spacial score (nSPS) is 16.2. The molecule has 0 saturated carbocycles. The molecule has 0 aromatic heterocycles. The Labute approximate surface area is 153 Å². The number of thioether (sulfide) groups is 2. The highest BCUT2D eigenvalue weighted by atomic mass is 35.5. The average Bonchev–Trinajstić information content (AvgIpc) is 2.56. The van der Waals surface area contributed by atoms with Gasteiger partial charge < -0.3 is 10.6 Å². The Morgan fingerprint density at radius 2 is 2.17 bits per heavy atom. The number of carbonyl (C=O) groups excluding carboxylic acids is 2. The molecule has 1 atom stereocenters. The van der Waals surface area contributed by atoms with E-state index in [0.29, 0.717) is 10.7 Å². The van der Waals surface area contributed by atoms with Crippen LogP contribution in [-0.2, 0) is 9.59 Å². The second-order valence-corrected chi connectivity index (χ2v) is 7.78. The third-order valence-electron chi connectivity index (χ3n) is 3.49. The van der Waals surface area contributed by atoms with Gasteiger partial charge in [-0.25, -0.2) is 0 Å². The van der Waals surface area contributed by atoms with Crippen molar-refractivity contribution in [3.63, 3.8) is 0 Å². The molecule has 1 aliphatic heterocycles. The first-order chi connectivity index (χ1) is 11.5. The van der Waals surface area contributed by atoms with Crippen LogP contribution in [0.25, 0.3) is 0 Å². The van der Waals surface area contributed by atoms with Crippen molar-refractivity contribution in [2.45, 2.75) is 21.5 Å². The van der Waals surface area contributed by atoms with E-state index in [2.05, 4.69) is 10.6 Å². The first-order valence-corrected chi connectivity index (χ1v) is 9.74. The average molecular weight is 379 g/mol. The lowest BCUT2D eigenvalue weighted by atomic mass is 10.2. The number of rotatable bonds is 4. The van der Waals surface area contributed by atoms with Crippen molar-refractivity contribution in [2.75, 3.05) is 16.9 Å². The van der Waals surface area contributed by atoms with Crippen LogP contribution in [0.4, 0.5) is 11.4 Å². The van der Waals surface area contributed by atoms with Gasteiger partial charge in [0.05, 0.1) is 10.9 Å². The highest BCUT2D eigenvalue weighted by Crippen LogP contribution is 2.38. The Morgan fingerprint density at radius 3 is 2.96 bits per heavy atom.